The number of aromatic nitrogens is 2. The van der Waals surface area contributed by atoms with E-state index in [0.29, 0.717) is 5.57 Å². The van der Waals surface area contributed by atoms with Crippen LogP contribution in [0.15, 0.2) is 78.0 Å². The van der Waals surface area contributed by atoms with E-state index in [2.05, 4.69) is 79.3 Å². The molecule has 178 valence electrons. The summed E-state index contributed by atoms with van der Waals surface area (Å²) in [5.74, 6) is 0.631. The molecule has 0 unspecified atom stereocenters. The molecule has 1 aromatic heterocycles. The first-order valence-corrected chi connectivity index (χ1v) is 12.1. The summed E-state index contributed by atoms with van der Waals surface area (Å²) < 4.78 is 2.14. The third kappa shape index (κ3) is 4.12. The van der Waals surface area contributed by atoms with Gasteiger partial charge in [0.05, 0.1) is 22.6 Å². The molecule has 5 heteroatoms. The van der Waals surface area contributed by atoms with Gasteiger partial charge in [0.15, 0.2) is 0 Å². The molecule has 2 heterocycles. The minimum absolute atomic E-state index is 0.0500. The molecular weight excluding hydrogens is 432 g/mol. The van der Waals surface area contributed by atoms with Crippen molar-refractivity contribution in [2.45, 2.75) is 53.0 Å². The lowest BCUT2D eigenvalue weighted by molar-refractivity contribution is -0.113. The summed E-state index contributed by atoms with van der Waals surface area (Å²) in [4.78, 5) is 18.7. The van der Waals surface area contributed by atoms with Gasteiger partial charge in [-0.1, -0.05) is 74.9 Å². The number of allylic oxidation sites excluding steroid dienone is 1. The molecule has 1 aliphatic rings. The fraction of sp³-hybridized carbons (Fsp3) is 0.267. The molecule has 5 rings (SSSR count). The Kier molecular flexibility index (Phi) is 5.51. The molecule has 1 aliphatic heterocycles. The average Bonchev–Trinajstić information content (AvgIpc) is 3.17. The number of imidazole rings is 1. The Bertz CT molecular complexity index is 1470. The van der Waals surface area contributed by atoms with Gasteiger partial charge in [-0.25, -0.2) is 4.98 Å². The third-order valence-electron chi connectivity index (χ3n) is 6.80. The van der Waals surface area contributed by atoms with E-state index in [9.17, 15) is 4.79 Å². The zero-order valence-corrected chi connectivity index (χ0v) is 21.2. The normalized spacial score (nSPS) is 15.7. The molecule has 5 nitrogen and oxygen atoms in total. The van der Waals surface area contributed by atoms with Crippen molar-refractivity contribution in [2.75, 3.05) is 10.6 Å². The Morgan fingerprint density at radius 3 is 2.37 bits per heavy atom. The maximum Gasteiger partial charge on any atom is 0.255 e. The van der Waals surface area contributed by atoms with E-state index in [1.807, 2.05) is 44.2 Å². The summed E-state index contributed by atoms with van der Waals surface area (Å²) >= 11 is 0. The van der Waals surface area contributed by atoms with E-state index in [1.165, 1.54) is 11.1 Å². The largest absolute Gasteiger partial charge is 0.329 e. The van der Waals surface area contributed by atoms with Crippen molar-refractivity contribution in [1.29, 1.82) is 0 Å². The quantitative estimate of drug-likeness (QED) is 0.347. The van der Waals surface area contributed by atoms with Crippen LogP contribution >= 0.6 is 0 Å². The highest BCUT2D eigenvalue weighted by Crippen LogP contribution is 2.40. The number of amides is 1. The predicted octanol–water partition coefficient (Wildman–Crippen LogP) is 6.88. The second-order valence-corrected chi connectivity index (χ2v) is 10.5. The lowest BCUT2D eigenvalue weighted by atomic mass is 9.85. The second-order valence-electron chi connectivity index (χ2n) is 10.5. The maximum absolute atomic E-state index is 13.9. The van der Waals surface area contributed by atoms with Gasteiger partial charge in [0, 0.05) is 11.4 Å². The number of rotatable bonds is 3. The first kappa shape index (κ1) is 22.9. The monoisotopic (exact) mass is 464 g/mol. The molecule has 0 bridgehead atoms. The van der Waals surface area contributed by atoms with Crippen LogP contribution in [-0.4, -0.2) is 15.5 Å². The molecule has 3 aromatic carbocycles. The molecular formula is C30H32N4O. The van der Waals surface area contributed by atoms with E-state index in [4.69, 9.17) is 4.98 Å². The zero-order chi connectivity index (χ0) is 24.9. The Hall–Kier alpha value is -3.86. The van der Waals surface area contributed by atoms with Crippen LogP contribution < -0.4 is 10.6 Å². The third-order valence-corrected chi connectivity index (χ3v) is 6.80. The van der Waals surface area contributed by atoms with E-state index in [1.54, 1.807) is 0 Å². The van der Waals surface area contributed by atoms with E-state index in [0.717, 1.165) is 39.5 Å². The lowest BCUT2D eigenvalue weighted by Gasteiger charge is -2.31. The average molecular weight is 465 g/mol. The summed E-state index contributed by atoms with van der Waals surface area (Å²) in [6, 6.07) is 22.5. The summed E-state index contributed by atoms with van der Waals surface area (Å²) in [5.41, 5.74) is 8.77. The molecule has 1 atom stereocenters. The standard InChI is InChI=1S/C30H32N4O/c1-18-11-16-23(19(2)17-18)32-28(35)26-20(3)31-29-33-24-9-7-8-10-25(24)34(29)27(26)21-12-14-22(15-13-21)30(4,5)6/h7-17,27H,1-6H3,(H,31,33)(H,32,35)/t27-/m0/s1. The van der Waals surface area contributed by atoms with Gasteiger partial charge in [0.25, 0.3) is 5.91 Å². The molecule has 0 saturated carbocycles. The van der Waals surface area contributed by atoms with Crippen LogP contribution in [0.2, 0.25) is 0 Å². The van der Waals surface area contributed by atoms with Gasteiger partial charge < -0.3 is 10.6 Å². The molecule has 2 N–H and O–H groups in total. The zero-order valence-electron chi connectivity index (χ0n) is 21.2. The fourth-order valence-electron chi connectivity index (χ4n) is 4.88. The molecule has 4 aromatic rings. The van der Waals surface area contributed by atoms with Crippen LogP contribution in [0.5, 0.6) is 0 Å². The van der Waals surface area contributed by atoms with Gasteiger partial charge in [-0.3, -0.25) is 9.36 Å². The minimum atomic E-state index is -0.307. The van der Waals surface area contributed by atoms with E-state index in [-0.39, 0.29) is 17.4 Å². The van der Waals surface area contributed by atoms with Crippen LogP contribution in [0.25, 0.3) is 11.0 Å². The van der Waals surface area contributed by atoms with Crippen LogP contribution in [0.3, 0.4) is 0 Å². The predicted molar refractivity (Wildman–Crippen MR) is 144 cm³/mol. The minimum Gasteiger partial charge on any atom is -0.329 e. The van der Waals surface area contributed by atoms with Gasteiger partial charge in [-0.15, -0.1) is 0 Å². The van der Waals surface area contributed by atoms with Gasteiger partial charge in [0.2, 0.25) is 5.95 Å². The summed E-state index contributed by atoms with van der Waals surface area (Å²) in [7, 11) is 0. The number of para-hydroxylation sites is 2. The summed E-state index contributed by atoms with van der Waals surface area (Å²) in [6.45, 7) is 12.7. The fourth-order valence-corrected chi connectivity index (χ4v) is 4.88. The van der Waals surface area contributed by atoms with Gasteiger partial charge in [-0.05, 0) is 61.1 Å². The number of aryl methyl sites for hydroxylation is 2. The topological polar surface area (TPSA) is 59.0 Å². The van der Waals surface area contributed by atoms with Crippen molar-refractivity contribution in [3.63, 3.8) is 0 Å². The van der Waals surface area contributed by atoms with Crippen LogP contribution in [0.4, 0.5) is 11.6 Å². The Morgan fingerprint density at radius 1 is 0.971 bits per heavy atom. The molecule has 0 radical (unpaired) electrons. The van der Waals surface area contributed by atoms with Crippen molar-refractivity contribution in [3.05, 3.63) is 100 Å². The number of carbonyl (C=O) groups excluding carboxylic acids is 1. The van der Waals surface area contributed by atoms with E-state index < -0.39 is 0 Å². The smallest absolute Gasteiger partial charge is 0.255 e. The molecule has 0 spiro atoms. The molecule has 35 heavy (non-hydrogen) atoms. The van der Waals surface area contributed by atoms with Crippen LogP contribution in [0, 0.1) is 13.8 Å². The Morgan fingerprint density at radius 2 is 1.69 bits per heavy atom. The lowest BCUT2D eigenvalue weighted by Crippen LogP contribution is -2.31. The number of nitrogens with zero attached hydrogens (tertiary/aromatic N) is 2. The van der Waals surface area contributed by atoms with Crippen molar-refractivity contribution >= 4 is 28.6 Å². The SMILES string of the molecule is CC1=C(C(=O)Nc2ccc(C)cc2C)[C@H](c2ccc(C(C)(C)C)cc2)n2c(nc3ccccc32)N1. The highest BCUT2D eigenvalue weighted by atomic mass is 16.1. The van der Waals surface area contributed by atoms with Crippen molar-refractivity contribution in [3.8, 4) is 0 Å². The summed E-state index contributed by atoms with van der Waals surface area (Å²) in [6.07, 6.45) is 0. The van der Waals surface area contributed by atoms with Crippen molar-refractivity contribution in [2.24, 2.45) is 0 Å². The summed E-state index contributed by atoms with van der Waals surface area (Å²) in [5, 5.41) is 6.57. The van der Waals surface area contributed by atoms with Crippen molar-refractivity contribution < 1.29 is 4.79 Å². The maximum atomic E-state index is 13.9. The van der Waals surface area contributed by atoms with Gasteiger partial charge in [0.1, 0.15) is 0 Å². The van der Waals surface area contributed by atoms with E-state index >= 15 is 0 Å². The molecule has 0 fully saturated rings. The molecule has 1 amide bonds. The Labute approximate surface area is 206 Å². The highest BCUT2D eigenvalue weighted by molar-refractivity contribution is 6.06. The number of fused-ring (bicyclic) bond motifs is 3. The highest BCUT2D eigenvalue weighted by Gasteiger charge is 2.34. The van der Waals surface area contributed by atoms with Crippen molar-refractivity contribution in [1.82, 2.24) is 9.55 Å². The number of hydrogen-bond donors (Lipinski definition) is 2. The number of hydrogen-bond acceptors (Lipinski definition) is 3. The number of benzene rings is 3. The number of nitrogens with one attached hydrogen (secondary N) is 2. The molecule has 0 aliphatic carbocycles. The van der Waals surface area contributed by atoms with Gasteiger partial charge in [-0.2, -0.15) is 0 Å². The Balaban J connectivity index is 1.65. The first-order valence-electron chi connectivity index (χ1n) is 12.1. The van der Waals surface area contributed by atoms with Gasteiger partial charge >= 0.3 is 0 Å². The number of anilines is 2. The van der Waals surface area contributed by atoms with Crippen LogP contribution in [-0.2, 0) is 10.2 Å². The molecule has 0 saturated heterocycles. The second kappa shape index (κ2) is 8.42. The first-order chi connectivity index (χ1) is 16.6. The number of carbonyl (C=O) groups is 1. The van der Waals surface area contributed by atoms with Crippen LogP contribution in [0.1, 0.15) is 56.0 Å².